The number of aryl methyl sites for hydroxylation is 2. The zero-order chi connectivity index (χ0) is 39.0. The lowest BCUT2D eigenvalue weighted by atomic mass is 10.0. The maximum Gasteiger partial charge on any atom is 0.416 e. The van der Waals surface area contributed by atoms with Gasteiger partial charge in [0.15, 0.2) is 5.82 Å². The van der Waals surface area contributed by atoms with E-state index in [2.05, 4.69) is 53.3 Å². The van der Waals surface area contributed by atoms with E-state index in [0.717, 1.165) is 61.5 Å². The maximum atomic E-state index is 12.2. The van der Waals surface area contributed by atoms with E-state index in [1.807, 2.05) is 72.2 Å². The van der Waals surface area contributed by atoms with E-state index in [1.165, 1.54) is 43.4 Å². The number of nitrogens with zero attached hydrogens (tertiary/aromatic N) is 4. The highest BCUT2D eigenvalue weighted by Crippen LogP contribution is 2.33. The quantitative estimate of drug-likeness (QED) is 0.120. The first-order chi connectivity index (χ1) is 26.5. The van der Waals surface area contributed by atoms with Gasteiger partial charge in [0.05, 0.1) is 29.4 Å². The van der Waals surface area contributed by atoms with E-state index in [4.69, 9.17) is 9.73 Å². The maximum absolute atomic E-state index is 12.2. The minimum atomic E-state index is -4.22. The summed E-state index contributed by atoms with van der Waals surface area (Å²) < 4.78 is 43.6. The number of ether oxygens (including phenoxy) is 1. The third kappa shape index (κ3) is 9.82. The number of carbonyl (C=O) groups is 1. The second-order valence-electron chi connectivity index (χ2n) is 13.2. The Hall–Kier alpha value is -5.87. The number of aliphatic imine (C=N–C) groups is 1. The Labute approximate surface area is 323 Å². The van der Waals surface area contributed by atoms with Crippen LogP contribution in [0.1, 0.15) is 64.2 Å². The average molecular weight is 759 g/mol. The largest absolute Gasteiger partial charge is 0.465 e. The third-order valence-electron chi connectivity index (χ3n) is 9.03. The molecule has 3 heterocycles. The fourth-order valence-electron chi connectivity index (χ4n) is 5.78. The Balaban J connectivity index is 0.000000266. The molecule has 0 N–H and O–H groups in total. The van der Waals surface area contributed by atoms with Gasteiger partial charge in [0, 0.05) is 17.3 Å². The van der Waals surface area contributed by atoms with Gasteiger partial charge >= 0.3 is 12.1 Å². The second-order valence-corrected chi connectivity index (χ2v) is 14.2. The van der Waals surface area contributed by atoms with E-state index < -0.39 is 11.7 Å². The van der Waals surface area contributed by atoms with Crippen LogP contribution in [0.5, 0.6) is 0 Å². The summed E-state index contributed by atoms with van der Waals surface area (Å²) in [4.78, 5) is 26.9. The lowest BCUT2D eigenvalue weighted by molar-refractivity contribution is -0.138. The molecule has 8 rings (SSSR count). The molecule has 0 amide bonds. The Morgan fingerprint density at radius 2 is 1.47 bits per heavy atom. The van der Waals surface area contributed by atoms with E-state index >= 15 is 0 Å². The first-order valence-corrected chi connectivity index (χ1v) is 18.8. The summed E-state index contributed by atoms with van der Waals surface area (Å²) in [5.41, 5.74) is 7.48. The number of aromatic nitrogens is 3. The van der Waals surface area contributed by atoms with Gasteiger partial charge in [0.25, 0.3) is 0 Å². The minimum absolute atomic E-state index is 0.325. The molecule has 0 saturated heterocycles. The number of benzene rings is 4. The number of thiophene rings is 1. The summed E-state index contributed by atoms with van der Waals surface area (Å²) in [5, 5.41) is 0.915. The molecule has 10 heteroatoms. The highest BCUT2D eigenvalue weighted by molar-refractivity contribution is 7.16. The van der Waals surface area contributed by atoms with Gasteiger partial charge in [-0.15, -0.1) is 11.3 Å². The van der Waals surface area contributed by atoms with Crippen LogP contribution in [-0.2, 0) is 17.3 Å². The molecule has 1 saturated carbocycles. The van der Waals surface area contributed by atoms with Crippen molar-refractivity contribution in [1.82, 2.24) is 14.5 Å². The Morgan fingerprint density at radius 1 is 0.855 bits per heavy atom. The lowest BCUT2D eigenvalue weighted by Gasteiger charge is -2.10. The Kier molecular flexibility index (Phi) is 12.4. The highest BCUT2D eigenvalue weighted by Gasteiger charge is 2.32. The van der Waals surface area contributed by atoms with Crippen LogP contribution in [0.15, 0.2) is 139 Å². The molecule has 55 heavy (non-hydrogen) atoms. The van der Waals surface area contributed by atoms with Gasteiger partial charge in [-0.2, -0.15) is 13.2 Å². The zero-order valence-corrected chi connectivity index (χ0v) is 31.9. The number of carbonyl (C=O) groups excluding carboxylic acids is 1. The van der Waals surface area contributed by atoms with Gasteiger partial charge in [0.1, 0.15) is 16.2 Å². The van der Waals surface area contributed by atoms with Crippen LogP contribution in [-0.4, -0.2) is 33.3 Å². The number of hydrogen-bond acceptors (Lipinski definition) is 6. The molecule has 1 fully saturated rings. The number of hydrogen-bond donors (Lipinski definition) is 0. The van der Waals surface area contributed by atoms with Crippen molar-refractivity contribution in [3.63, 3.8) is 0 Å². The number of pyridine rings is 1. The normalized spacial score (nSPS) is 12.2. The summed E-state index contributed by atoms with van der Waals surface area (Å²) in [7, 11) is 1.40. The Bertz CT molecular complexity index is 2360. The van der Waals surface area contributed by atoms with Crippen molar-refractivity contribution in [3.8, 4) is 16.1 Å². The van der Waals surface area contributed by atoms with Gasteiger partial charge in [-0.1, -0.05) is 112 Å². The van der Waals surface area contributed by atoms with E-state index in [9.17, 15) is 18.0 Å². The van der Waals surface area contributed by atoms with Crippen LogP contribution in [0.3, 0.4) is 0 Å². The lowest BCUT2D eigenvalue weighted by Crippen LogP contribution is -2.08. The molecule has 0 atom stereocenters. The molecule has 4 aromatic carbocycles. The molecule has 0 bridgehead atoms. The van der Waals surface area contributed by atoms with E-state index in [0.29, 0.717) is 22.7 Å². The molecule has 1 aliphatic carbocycles. The molecule has 0 radical (unpaired) electrons. The van der Waals surface area contributed by atoms with Crippen molar-refractivity contribution < 1.29 is 22.7 Å². The van der Waals surface area contributed by atoms with E-state index in [-0.39, 0.29) is 5.97 Å². The number of fused-ring (bicyclic) bond motifs is 1. The van der Waals surface area contributed by atoms with Crippen LogP contribution in [0.2, 0.25) is 0 Å². The predicted octanol–water partition coefficient (Wildman–Crippen LogP) is 12.1. The molecule has 1 aliphatic rings. The van der Waals surface area contributed by atoms with Crippen molar-refractivity contribution in [2.45, 2.75) is 46.2 Å². The zero-order valence-electron chi connectivity index (χ0n) is 31.0. The van der Waals surface area contributed by atoms with Gasteiger partial charge in [-0.05, 0) is 77.9 Å². The summed E-state index contributed by atoms with van der Waals surface area (Å²) in [6.07, 6.45) is 2.74. The van der Waals surface area contributed by atoms with Crippen LogP contribution >= 0.6 is 11.3 Å². The molecule has 7 aromatic rings. The highest BCUT2D eigenvalue weighted by atomic mass is 32.1. The number of alkyl halides is 3. The number of esters is 1. The smallest absolute Gasteiger partial charge is 0.416 e. The number of halogens is 3. The molecule has 280 valence electrons. The molecule has 0 unspecified atom stereocenters. The predicted molar refractivity (Wildman–Crippen MR) is 216 cm³/mol. The third-order valence-corrected chi connectivity index (χ3v) is 10.2. The van der Waals surface area contributed by atoms with Crippen molar-refractivity contribution >= 4 is 39.9 Å². The first-order valence-electron chi connectivity index (χ1n) is 18.0. The monoisotopic (exact) mass is 758 g/mol. The van der Waals surface area contributed by atoms with Crippen LogP contribution in [0.25, 0.3) is 27.2 Å². The number of imidazole rings is 1. The summed E-state index contributed by atoms with van der Waals surface area (Å²) in [5.74, 6) is 1.39. The van der Waals surface area contributed by atoms with Crippen molar-refractivity contribution in [2.75, 3.05) is 7.11 Å². The van der Waals surface area contributed by atoms with Gasteiger partial charge < -0.3 is 4.74 Å². The number of rotatable bonds is 7. The molecule has 6 nitrogen and oxygen atoms in total. The summed E-state index contributed by atoms with van der Waals surface area (Å²) in [6, 6.07) is 38.1. The van der Waals surface area contributed by atoms with Crippen LogP contribution in [0.4, 0.5) is 19.0 Å². The van der Waals surface area contributed by atoms with Gasteiger partial charge in [-0.3, -0.25) is 4.57 Å². The molecule has 0 spiro atoms. The average Bonchev–Trinajstić information content (AvgIpc) is 3.72. The molecule has 0 aliphatic heterocycles. The fraction of sp³-hybridized carbons (Fsp3) is 0.200. The Morgan fingerprint density at radius 3 is 2.05 bits per heavy atom. The molecular formula is C45H41F3N4O2S. The number of methoxy groups -OCH3 is 1. The fourth-order valence-corrected chi connectivity index (χ4v) is 6.86. The molecular weight excluding hydrogens is 718 g/mol. The topological polar surface area (TPSA) is 69.4 Å². The second kappa shape index (κ2) is 17.5. The SMILES string of the molecule is CC1CC1.CCc1ccccc1C(F)(F)F.COC(=O)c1sc(-n2cnc3cc(-c4ccnc(N=C(c5ccccc5)c5ccccc5)c4)ccc32)cc1C. The van der Waals surface area contributed by atoms with Crippen molar-refractivity contribution in [1.29, 1.82) is 0 Å². The van der Waals surface area contributed by atoms with Crippen molar-refractivity contribution in [3.05, 3.63) is 167 Å². The van der Waals surface area contributed by atoms with Gasteiger partial charge in [0.2, 0.25) is 0 Å². The molecule has 3 aromatic heterocycles. The standard InChI is InChI=1S/C32H24N4O2S.C9H9F3.C4H8/c1-21-17-29(39-31(21)32(37)38-2)36-20-34-26-18-24(13-14-27(26)36)25-15-16-33-28(19-25)35-30(22-9-5-3-6-10-22)23-11-7-4-8-12-23;1-2-7-5-3-4-6-8(7)9(10,11)12;1-4-2-3-4/h3-20H,1-2H3;3-6H,2H2,1H3;4H,2-3H2,1H3. The van der Waals surface area contributed by atoms with Gasteiger partial charge in [-0.25, -0.2) is 19.8 Å². The van der Waals surface area contributed by atoms with Crippen LogP contribution < -0.4 is 0 Å². The summed E-state index contributed by atoms with van der Waals surface area (Å²) >= 11 is 1.39. The minimum Gasteiger partial charge on any atom is -0.465 e. The van der Waals surface area contributed by atoms with Crippen molar-refractivity contribution in [2.24, 2.45) is 10.9 Å². The van der Waals surface area contributed by atoms with Crippen LogP contribution in [0, 0.1) is 12.8 Å². The first kappa shape index (κ1) is 38.8. The van der Waals surface area contributed by atoms with E-state index in [1.54, 1.807) is 25.5 Å². The summed E-state index contributed by atoms with van der Waals surface area (Å²) in [6.45, 7) is 5.90.